The Morgan fingerprint density at radius 1 is 1.23 bits per heavy atom. The van der Waals surface area contributed by atoms with Gasteiger partial charge < -0.3 is 15.6 Å². The van der Waals surface area contributed by atoms with Gasteiger partial charge in [0.05, 0.1) is 0 Å². The third kappa shape index (κ3) is 4.65. The smallest absolute Gasteiger partial charge is 0.251 e. The summed E-state index contributed by atoms with van der Waals surface area (Å²) in [5.41, 5.74) is 1.58. The van der Waals surface area contributed by atoms with E-state index in [0.717, 1.165) is 30.2 Å². The minimum atomic E-state index is -0.133. The number of anilines is 1. The van der Waals surface area contributed by atoms with Crippen LogP contribution in [-0.4, -0.2) is 38.4 Å². The van der Waals surface area contributed by atoms with E-state index in [-0.39, 0.29) is 17.5 Å². The molecule has 1 aliphatic carbocycles. The molecule has 0 aliphatic heterocycles. The maximum Gasteiger partial charge on any atom is 0.251 e. The van der Waals surface area contributed by atoms with Gasteiger partial charge in [0.1, 0.15) is 17.5 Å². The van der Waals surface area contributed by atoms with E-state index in [1.807, 2.05) is 13.0 Å². The summed E-state index contributed by atoms with van der Waals surface area (Å²) >= 11 is 0. The maximum absolute atomic E-state index is 11.5. The highest BCUT2D eigenvalue weighted by Crippen LogP contribution is 2.36. The number of amides is 1. The molecule has 0 saturated heterocycles. The number of aryl methyl sites for hydroxylation is 2. The van der Waals surface area contributed by atoms with Crippen LogP contribution in [0.1, 0.15) is 48.7 Å². The lowest BCUT2D eigenvalue weighted by Gasteiger charge is -2.35. The largest absolute Gasteiger partial charge is 0.370 e. The summed E-state index contributed by atoms with van der Waals surface area (Å²) in [6.45, 7) is 5.83. The Morgan fingerprint density at radius 3 is 2.69 bits per heavy atom. The summed E-state index contributed by atoms with van der Waals surface area (Å²) < 4.78 is 0. The fourth-order valence-corrected chi connectivity index (χ4v) is 3.22. The van der Waals surface area contributed by atoms with Gasteiger partial charge >= 0.3 is 0 Å². The molecule has 2 aromatic heterocycles. The van der Waals surface area contributed by atoms with Gasteiger partial charge in [-0.2, -0.15) is 0 Å². The molecule has 0 radical (unpaired) electrons. The zero-order chi connectivity index (χ0) is 18.7. The quantitative estimate of drug-likeness (QED) is 0.717. The molecule has 0 aromatic carbocycles. The van der Waals surface area contributed by atoms with E-state index < -0.39 is 0 Å². The molecule has 2 aromatic rings. The SMILES string of the molecule is CC(=O)NC1CC(c2cc(NCCc3nc(C)cc(=O)[nH]3)nc(C)n2)C1. The number of hydrogen-bond donors (Lipinski definition) is 3. The van der Waals surface area contributed by atoms with E-state index in [1.54, 1.807) is 13.8 Å². The number of rotatable bonds is 6. The molecule has 1 aliphatic rings. The predicted molar refractivity (Wildman–Crippen MR) is 98.1 cm³/mol. The minimum Gasteiger partial charge on any atom is -0.370 e. The molecule has 2 heterocycles. The minimum absolute atomic E-state index is 0.0115. The summed E-state index contributed by atoms with van der Waals surface area (Å²) in [4.78, 5) is 38.6. The lowest BCUT2D eigenvalue weighted by atomic mass is 9.78. The van der Waals surface area contributed by atoms with Gasteiger partial charge in [-0.3, -0.25) is 9.59 Å². The van der Waals surface area contributed by atoms with Crippen LogP contribution in [-0.2, 0) is 11.2 Å². The molecule has 26 heavy (non-hydrogen) atoms. The lowest BCUT2D eigenvalue weighted by Crippen LogP contribution is -2.42. The highest BCUT2D eigenvalue weighted by molar-refractivity contribution is 5.73. The molecular weight excluding hydrogens is 332 g/mol. The molecule has 8 heteroatoms. The first-order valence-corrected chi connectivity index (χ1v) is 8.82. The van der Waals surface area contributed by atoms with E-state index in [4.69, 9.17) is 0 Å². The second-order valence-electron chi connectivity index (χ2n) is 6.80. The zero-order valence-electron chi connectivity index (χ0n) is 15.3. The third-order valence-corrected chi connectivity index (χ3v) is 4.41. The Labute approximate surface area is 151 Å². The van der Waals surface area contributed by atoms with Crippen molar-refractivity contribution < 1.29 is 4.79 Å². The predicted octanol–water partition coefficient (Wildman–Crippen LogP) is 1.21. The van der Waals surface area contributed by atoms with Crippen molar-refractivity contribution in [2.75, 3.05) is 11.9 Å². The van der Waals surface area contributed by atoms with Crippen LogP contribution in [0.3, 0.4) is 0 Å². The average Bonchev–Trinajstić information content (AvgIpc) is 2.48. The molecule has 8 nitrogen and oxygen atoms in total. The Bertz CT molecular complexity index is 857. The van der Waals surface area contributed by atoms with Crippen LogP contribution in [0.2, 0.25) is 0 Å². The van der Waals surface area contributed by atoms with Crippen molar-refractivity contribution >= 4 is 11.7 Å². The van der Waals surface area contributed by atoms with Gasteiger partial charge in [0.2, 0.25) is 5.91 Å². The van der Waals surface area contributed by atoms with E-state index in [9.17, 15) is 9.59 Å². The number of H-pyrrole nitrogens is 1. The van der Waals surface area contributed by atoms with E-state index in [1.165, 1.54) is 6.07 Å². The second-order valence-corrected chi connectivity index (χ2v) is 6.80. The lowest BCUT2D eigenvalue weighted by molar-refractivity contribution is -0.120. The van der Waals surface area contributed by atoms with Crippen LogP contribution in [0.15, 0.2) is 16.9 Å². The van der Waals surface area contributed by atoms with Crippen LogP contribution in [0.25, 0.3) is 0 Å². The first-order chi connectivity index (χ1) is 12.4. The Kier molecular flexibility index (Phi) is 5.29. The van der Waals surface area contributed by atoms with Crippen molar-refractivity contribution in [3.05, 3.63) is 45.5 Å². The Morgan fingerprint density at radius 2 is 2.00 bits per heavy atom. The van der Waals surface area contributed by atoms with Crippen LogP contribution < -0.4 is 16.2 Å². The number of aromatic amines is 1. The van der Waals surface area contributed by atoms with E-state index >= 15 is 0 Å². The average molecular weight is 356 g/mol. The normalized spacial score (nSPS) is 18.9. The summed E-state index contributed by atoms with van der Waals surface area (Å²) in [6.07, 6.45) is 2.41. The third-order valence-electron chi connectivity index (χ3n) is 4.41. The van der Waals surface area contributed by atoms with Crippen molar-refractivity contribution in [2.24, 2.45) is 0 Å². The van der Waals surface area contributed by atoms with Crippen LogP contribution in [0, 0.1) is 13.8 Å². The van der Waals surface area contributed by atoms with Gasteiger partial charge in [0.25, 0.3) is 5.56 Å². The zero-order valence-corrected chi connectivity index (χ0v) is 15.3. The molecule has 1 fully saturated rings. The molecule has 0 unspecified atom stereocenters. The molecule has 0 atom stereocenters. The molecular formula is C18H24N6O2. The van der Waals surface area contributed by atoms with Crippen LogP contribution >= 0.6 is 0 Å². The van der Waals surface area contributed by atoms with Crippen molar-refractivity contribution in [2.45, 2.75) is 52.0 Å². The number of nitrogens with zero attached hydrogens (tertiary/aromatic N) is 3. The highest BCUT2D eigenvalue weighted by Gasteiger charge is 2.32. The molecule has 1 amide bonds. The molecule has 3 rings (SSSR count). The van der Waals surface area contributed by atoms with Gasteiger partial charge in [0, 0.05) is 55.4 Å². The van der Waals surface area contributed by atoms with Crippen molar-refractivity contribution in [3.63, 3.8) is 0 Å². The highest BCUT2D eigenvalue weighted by atomic mass is 16.1. The van der Waals surface area contributed by atoms with Gasteiger partial charge in [-0.1, -0.05) is 0 Å². The van der Waals surface area contributed by atoms with Gasteiger partial charge in [0.15, 0.2) is 0 Å². The number of hydrogen-bond acceptors (Lipinski definition) is 6. The fraction of sp³-hybridized carbons (Fsp3) is 0.500. The Hall–Kier alpha value is -2.77. The standard InChI is InChI=1S/C18H24N6O2/c1-10-6-18(26)24-16(20-10)4-5-19-17-9-15(21-11(2)22-17)13-7-14(8-13)23-12(3)25/h6,9,13-14H,4-5,7-8H2,1-3H3,(H,23,25)(H,19,21,22)(H,20,24,26). The fourth-order valence-electron chi connectivity index (χ4n) is 3.22. The molecule has 3 N–H and O–H groups in total. The monoisotopic (exact) mass is 356 g/mol. The van der Waals surface area contributed by atoms with Gasteiger partial charge in [-0.15, -0.1) is 0 Å². The Balaban J connectivity index is 1.58. The first kappa shape index (κ1) is 18.0. The molecule has 138 valence electrons. The molecule has 0 spiro atoms. The molecule has 0 bridgehead atoms. The number of carbonyl (C=O) groups excluding carboxylic acids is 1. The van der Waals surface area contributed by atoms with Crippen molar-refractivity contribution in [3.8, 4) is 0 Å². The van der Waals surface area contributed by atoms with Crippen LogP contribution in [0.4, 0.5) is 5.82 Å². The summed E-state index contributed by atoms with van der Waals surface area (Å²) in [5.74, 6) is 2.51. The van der Waals surface area contributed by atoms with E-state index in [0.29, 0.717) is 30.4 Å². The maximum atomic E-state index is 11.5. The van der Waals surface area contributed by atoms with Crippen molar-refractivity contribution in [1.82, 2.24) is 25.3 Å². The number of carbonyl (C=O) groups is 1. The second kappa shape index (κ2) is 7.63. The first-order valence-electron chi connectivity index (χ1n) is 8.82. The summed E-state index contributed by atoms with van der Waals surface area (Å²) in [7, 11) is 0. The summed E-state index contributed by atoms with van der Waals surface area (Å²) in [6, 6.07) is 3.69. The number of aromatic nitrogens is 4. The molecule has 1 saturated carbocycles. The van der Waals surface area contributed by atoms with Crippen LogP contribution in [0.5, 0.6) is 0 Å². The van der Waals surface area contributed by atoms with Gasteiger partial charge in [-0.05, 0) is 26.7 Å². The summed E-state index contributed by atoms with van der Waals surface area (Å²) in [5, 5.41) is 6.21. The topological polar surface area (TPSA) is 113 Å². The number of nitrogens with one attached hydrogen (secondary N) is 3. The van der Waals surface area contributed by atoms with E-state index in [2.05, 4.69) is 30.6 Å². The van der Waals surface area contributed by atoms with Gasteiger partial charge in [-0.25, -0.2) is 15.0 Å². The van der Waals surface area contributed by atoms with Crippen molar-refractivity contribution in [1.29, 1.82) is 0 Å².